The first-order valence-corrected chi connectivity index (χ1v) is 6.55. The lowest BCUT2D eigenvalue weighted by Gasteiger charge is -2.13. The molecular weight excluding hydrogens is 238 g/mol. The summed E-state index contributed by atoms with van der Waals surface area (Å²) in [5.41, 5.74) is 2.62. The Kier molecular flexibility index (Phi) is 3.35. The lowest BCUT2D eigenvalue weighted by atomic mass is 9.93. The van der Waals surface area contributed by atoms with Crippen molar-refractivity contribution in [2.45, 2.75) is 46.0 Å². The quantitative estimate of drug-likeness (QED) is 0.899. The summed E-state index contributed by atoms with van der Waals surface area (Å²) in [6, 6.07) is 5.68. The zero-order valence-electron chi connectivity index (χ0n) is 12.2. The maximum absolute atomic E-state index is 10.1. The van der Waals surface area contributed by atoms with Crippen molar-refractivity contribution in [2.24, 2.45) is 0 Å². The van der Waals surface area contributed by atoms with Crippen molar-refractivity contribution in [3.05, 3.63) is 35.7 Å². The summed E-state index contributed by atoms with van der Waals surface area (Å²) in [6.45, 7) is 10.5. The number of nitrogens with zero attached hydrogens (tertiary/aromatic N) is 3. The van der Waals surface area contributed by atoms with Crippen molar-refractivity contribution in [3.8, 4) is 11.4 Å². The predicted molar refractivity (Wildman–Crippen MR) is 75.8 cm³/mol. The summed E-state index contributed by atoms with van der Waals surface area (Å²) in [4.78, 5) is 0. The molecule has 0 saturated carbocycles. The Balaban J connectivity index is 2.40. The minimum Gasteiger partial charge on any atom is -0.506 e. The maximum atomic E-state index is 10.1. The van der Waals surface area contributed by atoms with Crippen molar-refractivity contribution >= 4 is 0 Å². The van der Waals surface area contributed by atoms with Gasteiger partial charge < -0.3 is 5.11 Å². The Bertz CT molecular complexity index is 579. The van der Waals surface area contributed by atoms with E-state index in [1.54, 1.807) is 10.7 Å². The van der Waals surface area contributed by atoms with Gasteiger partial charge in [0.2, 0.25) is 0 Å². The molecule has 0 saturated heterocycles. The molecule has 0 bridgehead atoms. The fourth-order valence-corrected chi connectivity index (χ4v) is 1.82. The van der Waals surface area contributed by atoms with Gasteiger partial charge in [0.1, 0.15) is 11.4 Å². The number of hydrogen-bond donors (Lipinski definition) is 1. The molecule has 102 valence electrons. The molecule has 0 amide bonds. The van der Waals surface area contributed by atoms with Gasteiger partial charge in [0, 0.05) is 5.41 Å². The van der Waals surface area contributed by atoms with Gasteiger partial charge in [-0.05, 0) is 23.6 Å². The monoisotopic (exact) mass is 259 g/mol. The van der Waals surface area contributed by atoms with Crippen LogP contribution in [0.4, 0.5) is 0 Å². The van der Waals surface area contributed by atoms with Crippen molar-refractivity contribution < 1.29 is 5.11 Å². The van der Waals surface area contributed by atoms with Crippen LogP contribution >= 0.6 is 0 Å². The molecule has 4 nitrogen and oxygen atoms in total. The van der Waals surface area contributed by atoms with Gasteiger partial charge in [-0.25, -0.2) is 4.68 Å². The molecule has 2 rings (SSSR count). The highest BCUT2D eigenvalue weighted by Crippen LogP contribution is 2.27. The van der Waals surface area contributed by atoms with E-state index < -0.39 is 0 Å². The van der Waals surface area contributed by atoms with Gasteiger partial charge in [-0.2, -0.15) is 0 Å². The van der Waals surface area contributed by atoms with Gasteiger partial charge in [0.05, 0.1) is 11.9 Å². The van der Waals surface area contributed by atoms with E-state index in [1.807, 2.05) is 18.3 Å². The minimum absolute atomic E-state index is 0.0499. The highest BCUT2D eigenvalue weighted by atomic mass is 16.3. The van der Waals surface area contributed by atoms with Crippen LogP contribution in [0.25, 0.3) is 5.69 Å². The molecule has 1 aromatic carbocycles. The fourth-order valence-electron chi connectivity index (χ4n) is 1.82. The molecule has 1 heterocycles. The van der Waals surface area contributed by atoms with E-state index in [4.69, 9.17) is 0 Å². The van der Waals surface area contributed by atoms with E-state index in [9.17, 15) is 5.11 Å². The Hall–Kier alpha value is -1.84. The molecule has 0 fully saturated rings. The lowest BCUT2D eigenvalue weighted by Crippen LogP contribution is -2.11. The number of phenolic OH excluding ortho intramolecular Hbond substituents is 1. The third-order valence-electron chi connectivity index (χ3n) is 3.17. The first kappa shape index (κ1) is 13.6. The largest absolute Gasteiger partial charge is 0.506 e. The van der Waals surface area contributed by atoms with E-state index in [2.05, 4.69) is 44.9 Å². The third kappa shape index (κ3) is 2.78. The van der Waals surface area contributed by atoms with Gasteiger partial charge in [-0.3, -0.25) is 0 Å². The molecule has 1 aromatic heterocycles. The Labute approximate surface area is 114 Å². The molecular formula is C15H21N3O. The van der Waals surface area contributed by atoms with Gasteiger partial charge in [-0.15, -0.1) is 5.10 Å². The van der Waals surface area contributed by atoms with E-state index in [1.165, 1.54) is 0 Å². The molecule has 1 N–H and O–H groups in total. The van der Waals surface area contributed by atoms with Crippen LogP contribution in [0.1, 0.15) is 51.8 Å². The first-order valence-electron chi connectivity index (χ1n) is 6.55. The maximum Gasteiger partial charge on any atom is 0.141 e. The van der Waals surface area contributed by atoms with Crippen LogP contribution in [0.3, 0.4) is 0 Å². The zero-order chi connectivity index (χ0) is 14.2. The molecule has 0 radical (unpaired) electrons. The van der Waals surface area contributed by atoms with Crippen LogP contribution in [0.15, 0.2) is 24.4 Å². The van der Waals surface area contributed by atoms with Crippen LogP contribution in [0.5, 0.6) is 5.75 Å². The average molecular weight is 259 g/mol. The van der Waals surface area contributed by atoms with Crippen LogP contribution in [0, 0.1) is 0 Å². The fraction of sp³-hybridized carbons (Fsp3) is 0.467. The molecule has 2 aromatic rings. The first-order chi connectivity index (χ1) is 8.79. The Morgan fingerprint density at radius 2 is 1.89 bits per heavy atom. The second kappa shape index (κ2) is 4.68. The van der Waals surface area contributed by atoms with E-state index in [0.717, 1.165) is 11.3 Å². The summed E-state index contributed by atoms with van der Waals surface area (Å²) in [7, 11) is 0. The number of aromatic nitrogens is 3. The second-order valence-corrected chi connectivity index (χ2v) is 6.20. The third-order valence-corrected chi connectivity index (χ3v) is 3.17. The topological polar surface area (TPSA) is 50.9 Å². The Morgan fingerprint density at radius 1 is 1.21 bits per heavy atom. The van der Waals surface area contributed by atoms with Crippen LogP contribution in [-0.2, 0) is 5.41 Å². The number of phenols is 1. The van der Waals surface area contributed by atoms with E-state index >= 15 is 0 Å². The number of rotatable bonds is 2. The summed E-state index contributed by atoms with van der Waals surface area (Å²) >= 11 is 0. The molecule has 0 aliphatic heterocycles. The van der Waals surface area contributed by atoms with Gasteiger partial charge in [-0.1, -0.05) is 45.9 Å². The zero-order valence-corrected chi connectivity index (χ0v) is 12.2. The van der Waals surface area contributed by atoms with Crippen LogP contribution in [0.2, 0.25) is 0 Å². The molecule has 0 unspecified atom stereocenters. The SMILES string of the molecule is CC(C)c1ccc(-n2cc(C(C)(C)C)nn2)c(O)c1. The molecule has 4 heteroatoms. The van der Waals surface area contributed by atoms with Gasteiger partial charge >= 0.3 is 0 Å². The molecule has 19 heavy (non-hydrogen) atoms. The standard InChI is InChI=1S/C15H21N3O/c1-10(2)11-6-7-12(13(19)8-11)18-9-14(16-17-18)15(3,4)5/h6-10,19H,1-5H3. The van der Waals surface area contributed by atoms with Crippen molar-refractivity contribution in [2.75, 3.05) is 0 Å². The van der Waals surface area contributed by atoms with Crippen LogP contribution in [-0.4, -0.2) is 20.1 Å². The predicted octanol–water partition coefficient (Wildman–Crippen LogP) is 3.39. The summed E-state index contributed by atoms with van der Waals surface area (Å²) in [5.74, 6) is 0.623. The van der Waals surface area contributed by atoms with E-state index in [0.29, 0.717) is 11.6 Å². The number of benzene rings is 1. The average Bonchev–Trinajstić information content (AvgIpc) is 2.77. The lowest BCUT2D eigenvalue weighted by molar-refractivity contribution is 0.468. The van der Waals surface area contributed by atoms with Crippen molar-refractivity contribution in [1.82, 2.24) is 15.0 Å². The summed E-state index contributed by atoms with van der Waals surface area (Å²) in [6.07, 6.45) is 1.87. The van der Waals surface area contributed by atoms with E-state index in [-0.39, 0.29) is 11.2 Å². The smallest absolute Gasteiger partial charge is 0.141 e. The second-order valence-electron chi connectivity index (χ2n) is 6.20. The Morgan fingerprint density at radius 3 is 2.37 bits per heavy atom. The molecule has 0 aliphatic carbocycles. The normalized spacial score (nSPS) is 12.1. The van der Waals surface area contributed by atoms with Crippen LogP contribution < -0.4 is 0 Å². The molecule has 0 spiro atoms. The number of aromatic hydroxyl groups is 1. The highest BCUT2D eigenvalue weighted by Gasteiger charge is 2.19. The van der Waals surface area contributed by atoms with Gasteiger partial charge in [0.15, 0.2) is 0 Å². The molecule has 0 aliphatic rings. The minimum atomic E-state index is -0.0499. The summed E-state index contributed by atoms with van der Waals surface area (Å²) < 4.78 is 1.63. The highest BCUT2D eigenvalue weighted by molar-refractivity contribution is 5.48. The van der Waals surface area contributed by atoms with Crippen molar-refractivity contribution in [3.63, 3.8) is 0 Å². The summed E-state index contributed by atoms with van der Waals surface area (Å²) in [5, 5.41) is 18.4. The molecule has 0 atom stereocenters. The van der Waals surface area contributed by atoms with Gasteiger partial charge in [0.25, 0.3) is 0 Å². The van der Waals surface area contributed by atoms with Crippen molar-refractivity contribution in [1.29, 1.82) is 0 Å². The number of hydrogen-bond acceptors (Lipinski definition) is 3.